The average molecular weight is 252 g/mol. The number of rotatable bonds is 2. The summed E-state index contributed by atoms with van der Waals surface area (Å²) >= 11 is 6.49. The van der Waals surface area contributed by atoms with Gasteiger partial charge >= 0.3 is 0 Å². The molecule has 16 heavy (non-hydrogen) atoms. The predicted molar refractivity (Wildman–Crippen MR) is 65.7 cm³/mol. The highest BCUT2D eigenvalue weighted by molar-refractivity contribution is 7.71. The average Bonchev–Trinajstić information content (AvgIpc) is 2.77. The molecule has 0 aliphatic rings. The van der Waals surface area contributed by atoms with Crippen molar-refractivity contribution in [3.8, 4) is 0 Å². The number of aryl methyl sites for hydroxylation is 1. The maximum absolute atomic E-state index is 11.7. The Bertz CT molecular complexity index is 624. The molecule has 2 heterocycles. The van der Waals surface area contributed by atoms with Gasteiger partial charge in [-0.15, -0.1) is 0 Å². The van der Waals surface area contributed by atoms with Crippen LogP contribution >= 0.6 is 23.6 Å². The van der Waals surface area contributed by atoms with E-state index in [2.05, 4.69) is 15.3 Å². The summed E-state index contributed by atoms with van der Waals surface area (Å²) < 4.78 is 1.30. The van der Waals surface area contributed by atoms with Gasteiger partial charge in [0.25, 0.3) is 5.56 Å². The van der Waals surface area contributed by atoms with Crippen LogP contribution in [-0.4, -0.2) is 21.1 Å². The maximum Gasteiger partial charge on any atom is 0.296 e. The molecule has 0 radical (unpaired) electrons. The molecule has 5 nitrogen and oxygen atoms in total. The van der Waals surface area contributed by atoms with Gasteiger partial charge in [0.15, 0.2) is 0 Å². The molecule has 2 rings (SSSR count). The van der Waals surface area contributed by atoms with Gasteiger partial charge < -0.3 is 0 Å². The van der Waals surface area contributed by atoms with Gasteiger partial charge in [-0.1, -0.05) is 0 Å². The highest BCUT2D eigenvalue weighted by atomic mass is 32.1. The van der Waals surface area contributed by atoms with E-state index in [1.165, 1.54) is 0 Å². The van der Waals surface area contributed by atoms with Crippen molar-refractivity contribution in [2.45, 2.75) is 6.92 Å². The number of nitrogens with zero attached hydrogens (tertiary/aromatic N) is 3. The molecular formula is C9H8N4OS2. The second kappa shape index (κ2) is 4.50. The van der Waals surface area contributed by atoms with Crippen molar-refractivity contribution in [2.75, 3.05) is 0 Å². The third-order valence-corrected chi connectivity index (χ3v) is 2.84. The van der Waals surface area contributed by atoms with Crippen molar-refractivity contribution in [2.24, 2.45) is 5.10 Å². The lowest BCUT2D eigenvalue weighted by Gasteiger charge is -1.97. The van der Waals surface area contributed by atoms with E-state index in [0.717, 1.165) is 10.2 Å². The Balaban J connectivity index is 2.46. The Morgan fingerprint density at radius 1 is 1.69 bits per heavy atom. The van der Waals surface area contributed by atoms with Crippen molar-refractivity contribution < 1.29 is 0 Å². The molecule has 7 heteroatoms. The van der Waals surface area contributed by atoms with E-state index in [1.807, 2.05) is 16.8 Å². The van der Waals surface area contributed by atoms with Crippen LogP contribution < -0.4 is 5.56 Å². The van der Waals surface area contributed by atoms with Gasteiger partial charge in [-0.3, -0.25) is 9.89 Å². The minimum absolute atomic E-state index is 0.182. The van der Waals surface area contributed by atoms with Crippen LogP contribution in [0.2, 0.25) is 0 Å². The molecule has 0 atom stereocenters. The molecular weight excluding hydrogens is 244 g/mol. The minimum atomic E-state index is -0.310. The second-order valence-corrected chi connectivity index (χ2v) is 4.20. The van der Waals surface area contributed by atoms with E-state index in [4.69, 9.17) is 12.2 Å². The zero-order valence-corrected chi connectivity index (χ0v) is 10.0. The fraction of sp³-hybridized carbons (Fsp3) is 0.111. The van der Waals surface area contributed by atoms with Gasteiger partial charge in [0.05, 0.1) is 6.21 Å². The molecule has 0 amide bonds. The molecule has 0 aliphatic carbocycles. The Morgan fingerprint density at radius 2 is 2.50 bits per heavy atom. The number of nitrogens with one attached hydrogen (secondary N) is 1. The molecule has 2 aromatic heterocycles. The smallest absolute Gasteiger partial charge is 0.265 e. The second-order valence-electron chi connectivity index (χ2n) is 3.03. The summed E-state index contributed by atoms with van der Waals surface area (Å²) in [6, 6.07) is 1.90. The lowest BCUT2D eigenvalue weighted by Crippen LogP contribution is -2.22. The summed E-state index contributed by atoms with van der Waals surface area (Å²) in [5, 5.41) is 14.2. The van der Waals surface area contributed by atoms with Crippen molar-refractivity contribution in [1.29, 1.82) is 0 Å². The van der Waals surface area contributed by atoms with E-state index in [1.54, 1.807) is 24.5 Å². The molecule has 0 saturated carbocycles. The third-order valence-electron chi connectivity index (χ3n) is 1.88. The van der Waals surface area contributed by atoms with Crippen LogP contribution in [0, 0.1) is 11.7 Å². The zero-order valence-electron chi connectivity index (χ0n) is 8.38. The van der Waals surface area contributed by atoms with Crippen LogP contribution in [0.25, 0.3) is 0 Å². The monoisotopic (exact) mass is 252 g/mol. The highest BCUT2D eigenvalue weighted by Crippen LogP contribution is 2.02. The first kappa shape index (κ1) is 10.9. The highest BCUT2D eigenvalue weighted by Gasteiger charge is 2.00. The number of aromatic amines is 1. The zero-order chi connectivity index (χ0) is 11.5. The molecule has 0 bridgehead atoms. The van der Waals surface area contributed by atoms with Gasteiger partial charge in [-0.25, -0.2) is 0 Å². The Labute approximate surface area is 100 Å². The van der Waals surface area contributed by atoms with Gasteiger partial charge in [0.2, 0.25) is 4.77 Å². The molecule has 2 aromatic rings. The van der Waals surface area contributed by atoms with E-state index in [9.17, 15) is 4.79 Å². The van der Waals surface area contributed by atoms with E-state index in [0.29, 0.717) is 5.69 Å². The van der Waals surface area contributed by atoms with Crippen LogP contribution in [-0.2, 0) is 0 Å². The predicted octanol–water partition coefficient (Wildman–Crippen LogP) is 1.55. The van der Waals surface area contributed by atoms with Crippen molar-refractivity contribution in [3.63, 3.8) is 0 Å². The van der Waals surface area contributed by atoms with Crippen LogP contribution in [0.4, 0.5) is 0 Å². The third kappa shape index (κ3) is 2.15. The van der Waals surface area contributed by atoms with Gasteiger partial charge in [0, 0.05) is 5.56 Å². The van der Waals surface area contributed by atoms with E-state index in [-0.39, 0.29) is 10.3 Å². The van der Waals surface area contributed by atoms with Crippen molar-refractivity contribution in [1.82, 2.24) is 14.9 Å². The molecule has 0 aliphatic heterocycles. The fourth-order valence-electron chi connectivity index (χ4n) is 1.05. The van der Waals surface area contributed by atoms with Gasteiger partial charge in [-0.05, 0) is 36.0 Å². The van der Waals surface area contributed by atoms with Crippen LogP contribution in [0.5, 0.6) is 0 Å². The summed E-state index contributed by atoms with van der Waals surface area (Å²) in [6.45, 7) is 1.60. The first-order valence-corrected chi connectivity index (χ1v) is 5.78. The van der Waals surface area contributed by atoms with Crippen LogP contribution in [0.1, 0.15) is 11.3 Å². The number of hydrogen-bond donors (Lipinski definition) is 1. The van der Waals surface area contributed by atoms with Gasteiger partial charge in [0.1, 0.15) is 5.69 Å². The quantitative estimate of drug-likeness (QED) is 0.651. The van der Waals surface area contributed by atoms with Gasteiger partial charge in [-0.2, -0.15) is 26.2 Å². The summed E-state index contributed by atoms with van der Waals surface area (Å²) in [5.41, 5.74) is 0.951. The summed E-state index contributed by atoms with van der Waals surface area (Å²) in [6.07, 6.45) is 1.58. The standard InChI is InChI=1S/C9H8N4OS2/c1-6-8(14)13(9(15)12-11-6)10-4-7-2-3-16-5-7/h2-5H,1H3,(H,12,15)/b10-4-. The summed E-state index contributed by atoms with van der Waals surface area (Å²) in [7, 11) is 0. The van der Waals surface area contributed by atoms with E-state index < -0.39 is 0 Å². The van der Waals surface area contributed by atoms with Crippen molar-refractivity contribution in [3.05, 3.63) is 43.2 Å². The largest absolute Gasteiger partial charge is 0.296 e. The SMILES string of the molecule is Cc1n[nH]c(=S)n(/N=C\c2ccsc2)c1=O. The van der Waals surface area contributed by atoms with Crippen molar-refractivity contribution >= 4 is 29.8 Å². The first-order chi connectivity index (χ1) is 7.68. The summed E-state index contributed by atoms with van der Waals surface area (Å²) in [5.74, 6) is 0. The fourth-order valence-corrected chi connectivity index (χ4v) is 1.84. The Hall–Kier alpha value is -1.60. The molecule has 82 valence electrons. The topological polar surface area (TPSA) is 63.0 Å². The first-order valence-electron chi connectivity index (χ1n) is 4.43. The molecule has 0 spiro atoms. The number of aromatic nitrogens is 3. The molecule has 0 unspecified atom stereocenters. The Kier molecular flexibility index (Phi) is 3.07. The van der Waals surface area contributed by atoms with Crippen LogP contribution in [0.3, 0.4) is 0 Å². The molecule has 0 fully saturated rings. The number of hydrogen-bond acceptors (Lipinski definition) is 5. The molecule has 1 N–H and O–H groups in total. The lowest BCUT2D eigenvalue weighted by atomic mass is 10.4. The summed E-state index contributed by atoms with van der Waals surface area (Å²) in [4.78, 5) is 11.7. The Morgan fingerprint density at radius 3 is 3.19 bits per heavy atom. The molecule has 0 saturated heterocycles. The normalized spacial score (nSPS) is 11.1. The minimum Gasteiger partial charge on any atom is -0.265 e. The van der Waals surface area contributed by atoms with Crippen LogP contribution in [0.15, 0.2) is 26.7 Å². The molecule has 0 aromatic carbocycles. The maximum atomic E-state index is 11.7. The lowest BCUT2D eigenvalue weighted by molar-refractivity contribution is 0.720. The number of thiophene rings is 1. The van der Waals surface area contributed by atoms with E-state index >= 15 is 0 Å². The number of H-pyrrole nitrogens is 1.